The van der Waals surface area contributed by atoms with Crippen molar-refractivity contribution in [1.29, 1.82) is 0 Å². The van der Waals surface area contributed by atoms with E-state index in [0.29, 0.717) is 0 Å². The maximum Gasteiger partial charge on any atom is 0.146 e. The van der Waals surface area contributed by atoms with Gasteiger partial charge >= 0.3 is 0 Å². The molecule has 4 rings (SSSR count). The quantitative estimate of drug-likeness (QED) is 0.429. The smallest absolute Gasteiger partial charge is 0.146 e. The number of rotatable bonds is 6. The molecule has 0 fully saturated rings. The Balaban J connectivity index is 1.71. The van der Waals surface area contributed by atoms with Gasteiger partial charge in [-0.1, -0.05) is 0 Å². The van der Waals surface area contributed by atoms with E-state index in [0.717, 1.165) is 22.8 Å². The Morgan fingerprint density at radius 2 is 0.870 bits per heavy atom. The van der Waals surface area contributed by atoms with Gasteiger partial charge in [0, 0.05) is 24.8 Å². The average molecular weight is 310 g/mol. The lowest BCUT2D eigenvalue weighted by atomic mass is 10.1. The van der Waals surface area contributed by atoms with Gasteiger partial charge in [-0.05, 0) is 0 Å². The third-order valence-electron chi connectivity index (χ3n) is 3.42. The van der Waals surface area contributed by atoms with Gasteiger partial charge in [-0.25, -0.2) is 19.9 Å². The van der Waals surface area contributed by atoms with E-state index in [2.05, 4.69) is 39.9 Å². The number of hydrogen-bond acceptors (Lipinski definition) is 5. The van der Waals surface area contributed by atoms with Crippen LogP contribution in [0.4, 0.5) is 0 Å². The predicted octanol–water partition coefficient (Wildman–Crippen LogP) is 1.47. The van der Waals surface area contributed by atoms with Gasteiger partial charge in [-0.3, -0.25) is 0 Å². The van der Waals surface area contributed by atoms with E-state index in [1.165, 1.54) is 0 Å². The molecule has 0 aliphatic heterocycles. The van der Waals surface area contributed by atoms with Crippen molar-refractivity contribution >= 4 is 0 Å². The fourth-order valence-corrected chi connectivity index (χ4v) is 2.38. The minimum Gasteiger partial charge on any atom is -0.351 e. The number of aromatic amines is 4. The molecule has 0 saturated carbocycles. The lowest BCUT2D eigenvalue weighted by Crippen LogP contribution is -2.14. The maximum absolute atomic E-state index is 6.30. The number of H-pyrrole nitrogens is 4. The molecule has 0 radical (unpaired) electrons. The Hall–Kier alpha value is -3.20. The van der Waals surface area contributed by atoms with E-state index >= 15 is 0 Å². The normalized spacial score (nSPS) is 11.6. The highest BCUT2D eigenvalue weighted by Gasteiger charge is 2.27. The number of nitrogens with one attached hydrogen (secondary N) is 4. The third kappa shape index (κ3) is 2.64. The molecular formula is C14H14N8O. The summed E-state index contributed by atoms with van der Waals surface area (Å²) in [6.07, 6.45) is 12.7. The lowest BCUT2D eigenvalue weighted by molar-refractivity contribution is 0.0224. The van der Waals surface area contributed by atoms with Crippen molar-refractivity contribution in [3.63, 3.8) is 0 Å². The number of aromatic nitrogens is 8. The molecule has 0 bridgehead atoms. The summed E-state index contributed by atoms with van der Waals surface area (Å²) in [7, 11) is 0. The summed E-state index contributed by atoms with van der Waals surface area (Å²) in [5.41, 5.74) is 2.92. The van der Waals surface area contributed by atoms with Crippen molar-refractivity contribution in [1.82, 2.24) is 39.9 Å². The van der Waals surface area contributed by atoms with Gasteiger partial charge < -0.3 is 24.7 Å². The molecule has 0 unspecified atom stereocenters. The zero-order valence-corrected chi connectivity index (χ0v) is 12.0. The predicted molar refractivity (Wildman–Crippen MR) is 79.1 cm³/mol. The van der Waals surface area contributed by atoms with E-state index in [-0.39, 0.29) is 0 Å². The summed E-state index contributed by atoms with van der Waals surface area (Å²) in [6, 6.07) is 0. The summed E-state index contributed by atoms with van der Waals surface area (Å²) < 4.78 is 6.30. The van der Waals surface area contributed by atoms with Crippen LogP contribution in [0.25, 0.3) is 0 Å². The Morgan fingerprint density at radius 1 is 0.565 bits per heavy atom. The van der Waals surface area contributed by atoms with Crippen LogP contribution in [0, 0.1) is 0 Å². The van der Waals surface area contributed by atoms with Crippen molar-refractivity contribution in [2.24, 2.45) is 0 Å². The largest absolute Gasteiger partial charge is 0.351 e. The van der Waals surface area contributed by atoms with Gasteiger partial charge in [0.25, 0.3) is 0 Å². The molecule has 0 amide bonds. The molecule has 23 heavy (non-hydrogen) atoms. The number of nitrogens with zero attached hydrogens (tertiary/aromatic N) is 4. The van der Waals surface area contributed by atoms with Crippen LogP contribution >= 0.6 is 0 Å². The van der Waals surface area contributed by atoms with Gasteiger partial charge in [-0.2, -0.15) is 0 Å². The maximum atomic E-state index is 6.30. The molecule has 0 aromatic carbocycles. The van der Waals surface area contributed by atoms with Crippen molar-refractivity contribution in [2.75, 3.05) is 0 Å². The summed E-state index contributed by atoms with van der Waals surface area (Å²) in [5, 5.41) is 0. The Labute approximate surface area is 130 Å². The third-order valence-corrected chi connectivity index (χ3v) is 3.42. The van der Waals surface area contributed by atoms with E-state index in [1.807, 2.05) is 0 Å². The van der Waals surface area contributed by atoms with Crippen LogP contribution in [-0.4, -0.2) is 39.9 Å². The molecule has 4 heterocycles. The summed E-state index contributed by atoms with van der Waals surface area (Å²) >= 11 is 0. The standard InChI is InChI=1S/C14H14N8O/c1-9(19-5-15-1)13(10-2-16-6-20-10)23-14(11-3-17-7-21-11)12-4-18-8-22-12/h1-8,13-14H,(H,15,19)(H,16,20)(H,17,21)(H,18,22). The minimum absolute atomic E-state index is 0.453. The van der Waals surface area contributed by atoms with Gasteiger partial charge in [0.1, 0.15) is 12.2 Å². The van der Waals surface area contributed by atoms with Crippen LogP contribution in [0.15, 0.2) is 50.1 Å². The molecule has 0 aliphatic rings. The summed E-state index contributed by atoms with van der Waals surface area (Å²) in [5.74, 6) is 0. The summed E-state index contributed by atoms with van der Waals surface area (Å²) in [6.45, 7) is 0. The van der Waals surface area contributed by atoms with Crippen LogP contribution in [0.5, 0.6) is 0 Å². The van der Waals surface area contributed by atoms with E-state index < -0.39 is 12.2 Å². The van der Waals surface area contributed by atoms with Crippen LogP contribution in [-0.2, 0) is 4.74 Å². The molecule has 0 saturated heterocycles. The fraction of sp³-hybridized carbons (Fsp3) is 0.143. The highest BCUT2D eigenvalue weighted by molar-refractivity contribution is 5.19. The summed E-state index contributed by atoms with van der Waals surface area (Å²) in [4.78, 5) is 29.0. The van der Waals surface area contributed by atoms with E-state index in [4.69, 9.17) is 4.74 Å². The van der Waals surface area contributed by atoms with E-state index in [1.54, 1.807) is 50.1 Å². The number of imidazole rings is 4. The molecular weight excluding hydrogens is 296 g/mol. The highest BCUT2D eigenvalue weighted by Crippen LogP contribution is 2.32. The minimum atomic E-state index is -0.453. The topological polar surface area (TPSA) is 124 Å². The fourth-order valence-electron chi connectivity index (χ4n) is 2.38. The Bertz CT molecular complexity index is 666. The van der Waals surface area contributed by atoms with Crippen LogP contribution in [0.2, 0.25) is 0 Å². The second kappa shape index (κ2) is 5.89. The molecule has 0 aliphatic carbocycles. The Morgan fingerprint density at radius 3 is 1.09 bits per heavy atom. The molecule has 4 N–H and O–H groups in total. The van der Waals surface area contributed by atoms with Crippen molar-refractivity contribution < 1.29 is 4.74 Å². The monoisotopic (exact) mass is 310 g/mol. The zero-order chi connectivity index (χ0) is 15.5. The second-order valence-electron chi connectivity index (χ2n) is 4.87. The first-order valence-electron chi connectivity index (χ1n) is 7.02. The molecule has 0 atom stereocenters. The van der Waals surface area contributed by atoms with Gasteiger partial charge in [0.05, 0.1) is 48.1 Å². The molecule has 9 nitrogen and oxygen atoms in total. The van der Waals surface area contributed by atoms with Crippen molar-refractivity contribution in [2.45, 2.75) is 12.2 Å². The molecule has 4 aromatic rings. The second-order valence-corrected chi connectivity index (χ2v) is 4.87. The number of hydrogen-bond donors (Lipinski definition) is 4. The zero-order valence-electron chi connectivity index (χ0n) is 12.0. The average Bonchev–Trinajstić information content (AvgIpc) is 3.35. The first-order valence-corrected chi connectivity index (χ1v) is 7.02. The molecule has 0 spiro atoms. The van der Waals surface area contributed by atoms with Gasteiger partial charge in [0.2, 0.25) is 0 Å². The Kier molecular flexibility index (Phi) is 3.45. The van der Waals surface area contributed by atoms with Crippen molar-refractivity contribution in [3.05, 3.63) is 72.9 Å². The molecule has 9 heteroatoms. The first kappa shape index (κ1) is 13.5. The van der Waals surface area contributed by atoms with Gasteiger partial charge in [0.15, 0.2) is 0 Å². The van der Waals surface area contributed by atoms with Crippen LogP contribution < -0.4 is 0 Å². The highest BCUT2D eigenvalue weighted by atomic mass is 16.5. The lowest BCUT2D eigenvalue weighted by Gasteiger charge is -2.20. The van der Waals surface area contributed by atoms with E-state index in [9.17, 15) is 0 Å². The van der Waals surface area contributed by atoms with Crippen LogP contribution in [0.3, 0.4) is 0 Å². The van der Waals surface area contributed by atoms with Gasteiger partial charge in [-0.15, -0.1) is 0 Å². The SMILES string of the molecule is c1nc(C(OC(c2c[nH]cn2)c2c[nH]cn2)c2c[nH]cn2)c[nH]1. The molecule has 4 aromatic heterocycles. The van der Waals surface area contributed by atoms with Crippen molar-refractivity contribution in [3.8, 4) is 0 Å². The first-order chi connectivity index (χ1) is 11.4. The number of ether oxygens (including phenoxy) is 1. The van der Waals surface area contributed by atoms with Crippen LogP contribution in [0.1, 0.15) is 35.0 Å². The molecule has 116 valence electrons.